The summed E-state index contributed by atoms with van der Waals surface area (Å²) in [7, 11) is 0. The van der Waals surface area contributed by atoms with Crippen LogP contribution in [0.15, 0.2) is 12.2 Å². The molecule has 1 N–H and O–H groups in total. The topological polar surface area (TPSA) is 21.3 Å². The van der Waals surface area contributed by atoms with Crippen LogP contribution in [0.1, 0.15) is 26.2 Å². The summed E-state index contributed by atoms with van der Waals surface area (Å²) in [6.45, 7) is 4.66. The summed E-state index contributed by atoms with van der Waals surface area (Å²) in [4.78, 5) is 0. The second-order valence-electron chi connectivity index (χ2n) is 3.12. The van der Waals surface area contributed by atoms with Crippen molar-refractivity contribution in [2.75, 3.05) is 19.8 Å². The zero-order chi connectivity index (χ0) is 8.65. The summed E-state index contributed by atoms with van der Waals surface area (Å²) in [5.41, 5.74) is 0. The molecule has 0 bridgehead atoms. The highest BCUT2D eigenvalue weighted by Gasteiger charge is 2.05. The molecule has 0 spiro atoms. The Morgan fingerprint density at radius 3 is 3.17 bits per heavy atom. The van der Waals surface area contributed by atoms with Crippen molar-refractivity contribution >= 4 is 0 Å². The van der Waals surface area contributed by atoms with Crippen LogP contribution in [0.5, 0.6) is 0 Å². The van der Waals surface area contributed by atoms with Gasteiger partial charge in [0.15, 0.2) is 0 Å². The predicted molar refractivity (Wildman–Crippen MR) is 51.3 cm³/mol. The van der Waals surface area contributed by atoms with E-state index >= 15 is 0 Å². The summed E-state index contributed by atoms with van der Waals surface area (Å²) in [5.74, 6) is 0. The first-order chi connectivity index (χ1) is 5.93. The third-order valence-electron chi connectivity index (χ3n) is 2.11. The second-order valence-corrected chi connectivity index (χ2v) is 3.12. The van der Waals surface area contributed by atoms with Crippen molar-refractivity contribution in [2.24, 2.45) is 0 Å². The lowest BCUT2D eigenvalue weighted by molar-refractivity contribution is 0.147. The molecule has 12 heavy (non-hydrogen) atoms. The molecule has 0 aromatic rings. The molecule has 1 aliphatic rings. The van der Waals surface area contributed by atoms with Crippen LogP contribution in [0.3, 0.4) is 0 Å². The van der Waals surface area contributed by atoms with Gasteiger partial charge in [-0.3, -0.25) is 0 Å². The van der Waals surface area contributed by atoms with Gasteiger partial charge in [-0.25, -0.2) is 0 Å². The van der Waals surface area contributed by atoms with Crippen molar-refractivity contribution in [1.29, 1.82) is 0 Å². The lowest BCUT2D eigenvalue weighted by Gasteiger charge is -2.17. The first-order valence-electron chi connectivity index (χ1n) is 4.91. The lowest BCUT2D eigenvalue weighted by atomic mass is 10.0. The Balaban J connectivity index is 1.98. The SMILES string of the molecule is CCOCCNC1C=CCCC1. The first-order valence-corrected chi connectivity index (χ1v) is 4.91. The molecule has 70 valence electrons. The third kappa shape index (κ3) is 3.88. The van der Waals surface area contributed by atoms with Crippen LogP contribution in [0, 0.1) is 0 Å². The van der Waals surface area contributed by atoms with Crippen LogP contribution in [-0.4, -0.2) is 25.8 Å². The van der Waals surface area contributed by atoms with Gasteiger partial charge in [0, 0.05) is 19.2 Å². The molecule has 2 heteroatoms. The number of ether oxygens (including phenoxy) is 1. The van der Waals surface area contributed by atoms with Crippen LogP contribution in [-0.2, 0) is 4.74 Å². The highest BCUT2D eigenvalue weighted by molar-refractivity contribution is 4.97. The number of nitrogens with one attached hydrogen (secondary N) is 1. The molecular formula is C10H19NO. The van der Waals surface area contributed by atoms with Crippen molar-refractivity contribution < 1.29 is 4.74 Å². The lowest BCUT2D eigenvalue weighted by Crippen LogP contribution is -2.31. The van der Waals surface area contributed by atoms with E-state index in [2.05, 4.69) is 17.5 Å². The van der Waals surface area contributed by atoms with E-state index < -0.39 is 0 Å². The van der Waals surface area contributed by atoms with E-state index in [-0.39, 0.29) is 0 Å². The summed E-state index contributed by atoms with van der Waals surface area (Å²) in [6, 6.07) is 0.596. The van der Waals surface area contributed by atoms with Gasteiger partial charge < -0.3 is 10.1 Å². The van der Waals surface area contributed by atoms with Gasteiger partial charge in [-0.15, -0.1) is 0 Å². The van der Waals surface area contributed by atoms with E-state index in [9.17, 15) is 0 Å². The van der Waals surface area contributed by atoms with E-state index in [1.54, 1.807) is 0 Å². The standard InChI is InChI=1S/C10H19NO/c1-2-12-9-8-11-10-6-4-3-5-7-10/h4,6,10-11H,2-3,5,7-9H2,1H3. The zero-order valence-electron chi connectivity index (χ0n) is 7.88. The van der Waals surface area contributed by atoms with Crippen LogP contribution in [0.4, 0.5) is 0 Å². The Morgan fingerprint density at radius 2 is 2.50 bits per heavy atom. The van der Waals surface area contributed by atoms with E-state index in [1.807, 2.05) is 6.92 Å². The van der Waals surface area contributed by atoms with Gasteiger partial charge >= 0.3 is 0 Å². The molecule has 2 nitrogen and oxygen atoms in total. The molecule has 1 aliphatic carbocycles. The fourth-order valence-electron chi connectivity index (χ4n) is 1.44. The van der Waals surface area contributed by atoms with Gasteiger partial charge in [-0.05, 0) is 26.2 Å². The van der Waals surface area contributed by atoms with Crippen molar-refractivity contribution in [1.82, 2.24) is 5.32 Å². The minimum absolute atomic E-state index is 0.596. The van der Waals surface area contributed by atoms with E-state index in [0.717, 1.165) is 19.8 Å². The number of hydrogen-bond donors (Lipinski definition) is 1. The quantitative estimate of drug-likeness (QED) is 0.500. The van der Waals surface area contributed by atoms with Crippen LogP contribution >= 0.6 is 0 Å². The molecule has 0 saturated heterocycles. The molecular weight excluding hydrogens is 150 g/mol. The fourth-order valence-corrected chi connectivity index (χ4v) is 1.44. The monoisotopic (exact) mass is 169 g/mol. The Kier molecular flexibility index (Phi) is 5.04. The molecule has 1 unspecified atom stereocenters. The zero-order valence-corrected chi connectivity index (χ0v) is 7.88. The highest BCUT2D eigenvalue weighted by Crippen LogP contribution is 2.09. The van der Waals surface area contributed by atoms with Crippen LogP contribution in [0.2, 0.25) is 0 Å². The van der Waals surface area contributed by atoms with Gasteiger partial charge in [0.25, 0.3) is 0 Å². The van der Waals surface area contributed by atoms with Crippen molar-refractivity contribution in [3.63, 3.8) is 0 Å². The number of hydrogen-bond acceptors (Lipinski definition) is 2. The third-order valence-corrected chi connectivity index (χ3v) is 2.11. The van der Waals surface area contributed by atoms with E-state index in [0.29, 0.717) is 6.04 Å². The summed E-state index contributed by atoms with van der Waals surface area (Å²) in [6.07, 6.45) is 8.40. The van der Waals surface area contributed by atoms with Crippen molar-refractivity contribution in [2.45, 2.75) is 32.2 Å². The first kappa shape index (κ1) is 9.75. The molecule has 0 radical (unpaired) electrons. The Labute approximate surface area is 75.0 Å². The van der Waals surface area contributed by atoms with E-state index in [1.165, 1.54) is 19.3 Å². The number of rotatable bonds is 5. The van der Waals surface area contributed by atoms with Gasteiger partial charge in [-0.2, -0.15) is 0 Å². The maximum Gasteiger partial charge on any atom is 0.0590 e. The number of allylic oxidation sites excluding steroid dienone is 1. The van der Waals surface area contributed by atoms with E-state index in [4.69, 9.17) is 4.74 Å². The molecule has 0 heterocycles. The molecule has 1 rings (SSSR count). The molecule has 0 aromatic heterocycles. The average molecular weight is 169 g/mol. The molecule has 0 amide bonds. The van der Waals surface area contributed by atoms with Crippen LogP contribution < -0.4 is 5.32 Å². The molecule has 0 aliphatic heterocycles. The van der Waals surface area contributed by atoms with Gasteiger partial charge in [-0.1, -0.05) is 12.2 Å². The average Bonchev–Trinajstić information content (AvgIpc) is 2.14. The van der Waals surface area contributed by atoms with Gasteiger partial charge in [0.1, 0.15) is 0 Å². The minimum Gasteiger partial charge on any atom is -0.380 e. The largest absolute Gasteiger partial charge is 0.380 e. The van der Waals surface area contributed by atoms with Crippen LogP contribution in [0.25, 0.3) is 0 Å². The summed E-state index contributed by atoms with van der Waals surface area (Å²) >= 11 is 0. The summed E-state index contributed by atoms with van der Waals surface area (Å²) in [5, 5.41) is 3.44. The maximum absolute atomic E-state index is 5.24. The Hall–Kier alpha value is -0.340. The molecule has 0 fully saturated rings. The minimum atomic E-state index is 0.596. The smallest absolute Gasteiger partial charge is 0.0590 e. The Morgan fingerprint density at radius 1 is 1.58 bits per heavy atom. The second kappa shape index (κ2) is 6.21. The predicted octanol–water partition coefficient (Wildman–Crippen LogP) is 1.72. The molecule has 1 atom stereocenters. The highest BCUT2D eigenvalue weighted by atomic mass is 16.5. The fraction of sp³-hybridized carbons (Fsp3) is 0.800. The molecule has 0 saturated carbocycles. The van der Waals surface area contributed by atoms with Crippen molar-refractivity contribution in [3.05, 3.63) is 12.2 Å². The van der Waals surface area contributed by atoms with Gasteiger partial charge in [0.2, 0.25) is 0 Å². The maximum atomic E-state index is 5.24. The summed E-state index contributed by atoms with van der Waals surface area (Å²) < 4.78 is 5.24. The molecule has 0 aromatic carbocycles. The Bertz CT molecular complexity index is 134. The normalized spacial score (nSPS) is 22.9. The van der Waals surface area contributed by atoms with Crippen molar-refractivity contribution in [3.8, 4) is 0 Å². The van der Waals surface area contributed by atoms with Gasteiger partial charge in [0.05, 0.1) is 6.61 Å².